The lowest BCUT2D eigenvalue weighted by Crippen LogP contribution is -2.66. The Morgan fingerprint density at radius 3 is 2.54 bits per heavy atom. The molecule has 3 aliphatic rings. The average Bonchev–Trinajstić information content (AvgIpc) is 2.73. The Hall–Kier alpha value is -0.120. The van der Waals surface area contributed by atoms with E-state index in [9.17, 15) is 0 Å². The van der Waals surface area contributed by atoms with Gasteiger partial charge in [0.25, 0.3) is 0 Å². The standard InChI is InChI=1S/C10H18N2O/c13-7-11-8-3-10(4-8)5-12(6-10)9-1-2-9/h8-9,11,13H,1-7H2. The van der Waals surface area contributed by atoms with E-state index in [4.69, 9.17) is 5.11 Å². The summed E-state index contributed by atoms with van der Waals surface area (Å²) in [4.78, 5) is 2.63. The maximum Gasteiger partial charge on any atom is 0.0933 e. The number of rotatable bonds is 3. The summed E-state index contributed by atoms with van der Waals surface area (Å²) in [5.41, 5.74) is 0.662. The minimum absolute atomic E-state index is 0.146. The summed E-state index contributed by atoms with van der Waals surface area (Å²) in [5.74, 6) is 0. The van der Waals surface area contributed by atoms with Crippen LogP contribution in [0, 0.1) is 5.41 Å². The Morgan fingerprint density at radius 1 is 1.31 bits per heavy atom. The number of aliphatic hydroxyl groups excluding tert-OH is 1. The van der Waals surface area contributed by atoms with Crippen LogP contribution < -0.4 is 5.32 Å². The third kappa shape index (κ3) is 1.30. The summed E-state index contributed by atoms with van der Waals surface area (Å²) in [6.07, 6.45) is 5.45. The number of nitrogens with zero attached hydrogens (tertiary/aromatic N) is 1. The van der Waals surface area contributed by atoms with Crippen LogP contribution >= 0.6 is 0 Å². The second-order valence-electron chi connectivity index (χ2n) is 5.10. The van der Waals surface area contributed by atoms with Gasteiger partial charge in [0.05, 0.1) is 6.73 Å². The highest BCUT2D eigenvalue weighted by atomic mass is 16.3. The van der Waals surface area contributed by atoms with Gasteiger partial charge in [0.15, 0.2) is 0 Å². The fourth-order valence-corrected chi connectivity index (χ4v) is 3.03. The molecule has 2 N–H and O–H groups in total. The lowest BCUT2D eigenvalue weighted by atomic mass is 9.60. The number of likely N-dealkylation sites (tertiary alicyclic amines) is 1. The second kappa shape index (κ2) is 2.69. The molecule has 0 amide bonds. The van der Waals surface area contributed by atoms with Gasteiger partial charge in [-0.15, -0.1) is 0 Å². The highest BCUT2D eigenvalue weighted by Gasteiger charge is 2.54. The number of hydrogen-bond acceptors (Lipinski definition) is 3. The van der Waals surface area contributed by atoms with Crippen molar-refractivity contribution in [1.29, 1.82) is 0 Å². The summed E-state index contributed by atoms with van der Waals surface area (Å²) in [5, 5.41) is 11.8. The van der Waals surface area contributed by atoms with Crippen molar-refractivity contribution >= 4 is 0 Å². The van der Waals surface area contributed by atoms with Crippen LogP contribution in [0.1, 0.15) is 25.7 Å². The minimum Gasteiger partial charge on any atom is -0.381 e. The van der Waals surface area contributed by atoms with E-state index in [-0.39, 0.29) is 6.73 Å². The second-order valence-corrected chi connectivity index (χ2v) is 5.10. The molecule has 0 radical (unpaired) electrons. The van der Waals surface area contributed by atoms with E-state index in [0.717, 1.165) is 6.04 Å². The smallest absolute Gasteiger partial charge is 0.0933 e. The quantitative estimate of drug-likeness (QED) is 0.610. The summed E-state index contributed by atoms with van der Waals surface area (Å²) in [6, 6.07) is 1.56. The molecule has 74 valence electrons. The van der Waals surface area contributed by atoms with Gasteiger partial charge in [-0.3, -0.25) is 10.2 Å². The van der Waals surface area contributed by atoms with Crippen molar-refractivity contribution in [3.63, 3.8) is 0 Å². The molecule has 13 heavy (non-hydrogen) atoms. The summed E-state index contributed by atoms with van der Waals surface area (Å²) in [7, 11) is 0. The summed E-state index contributed by atoms with van der Waals surface area (Å²) in [6.45, 7) is 2.82. The Labute approximate surface area is 79.1 Å². The number of hydrogen-bond donors (Lipinski definition) is 2. The van der Waals surface area contributed by atoms with Crippen molar-refractivity contribution in [2.75, 3.05) is 19.8 Å². The Balaban J connectivity index is 1.44. The maximum atomic E-state index is 8.69. The zero-order valence-corrected chi connectivity index (χ0v) is 8.00. The van der Waals surface area contributed by atoms with Crippen molar-refractivity contribution in [3.8, 4) is 0 Å². The fraction of sp³-hybridized carbons (Fsp3) is 1.00. The molecule has 3 rings (SSSR count). The van der Waals surface area contributed by atoms with Crippen molar-refractivity contribution in [2.24, 2.45) is 5.41 Å². The van der Waals surface area contributed by atoms with Crippen LogP contribution in [-0.2, 0) is 0 Å². The van der Waals surface area contributed by atoms with Crippen LogP contribution in [0.5, 0.6) is 0 Å². The topological polar surface area (TPSA) is 35.5 Å². The van der Waals surface area contributed by atoms with Gasteiger partial charge in [-0.25, -0.2) is 0 Å². The molecule has 2 aliphatic carbocycles. The minimum atomic E-state index is 0.146. The zero-order chi connectivity index (χ0) is 8.89. The molecule has 1 saturated heterocycles. The Bertz CT molecular complexity index is 201. The molecule has 0 atom stereocenters. The normalized spacial score (nSPS) is 33.0. The monoisotopic (exact) mass is 182 g/mol. The fourth-order valence-electron chi connectivity index (χ4n) is 3.03. The van der Waals surface area contributed by atoms with Gasteiger partial charge in [0, 0.05) is 25.2 Å². The average molecular weight is 182 g/mol. The van der Waals surface area contributed by atoms with Crippen LogP contribution in [0.25, 0.3) is 0 Å². The number of nitrogens with one attached hydrogen (secondary N) is 1. The van der Waals surface area contributed by atoms with Gasteiger partial charge < -0.3 is 5.11 Å². The van der Waals surface area contributed by atoms with Crippen molar-refractivity contribution in [2.45, 2.75) is 37.8 Å². The highest BCUT2D eigenvalue weighted by molar-refractivity contribution is 5.09. The molecule has 0 unspecified atom stereocenters. The predicted molar refractivity (Wildman–Crippen MR) is 50.3 cm³/mol. The SMILES string of the molecule is OCNC1CC2(C1)CN(C1CC1)C2. The van der Waals surface area contributed by atoms with Crippen molar-refractivity contribution in [1.82, 2.24) is 10.2 Å². The van der Waals surface area contributed by atoms with E-state index in [1.54, 1.807) is 0 Å². The lowest BCUT2D eigenvalue weighted by molar-refractivity contribution is -0.0862. The zero-order valence-electron chi connectivity index (χ0n) is 8.00. The Morgan fingerprint density at radius 2 is 2.00 bits per heavy atom. The summed E-state index contributed by atoms with van der Waals surface area (Å²) < 4.78 is 0. The molecule has 2 saturated carbocycles. The first-order chi connectivity index (χ1) is 6.31. The van der Waals surface area contributed by atoms with Crippen LogP contribution in [0.2, 0.25) is 0 Å². The molecule has 0 bridgehead atoms. The highest BCUT2D eigenvalue weighted by Crippen LogP contribution is 2.51. The molecule has 1 spiro atoms. The van der Waals surface area contributed by atoms with Crippen molar-refractivity contribution < 1.29 is 5.11 Å². The molecule has 3 nitrogen and oxygen atoms in total. The first kappa shape index (κ1) is 8.21. The van der Waals surface area contributed by atoms with E-state index in [1.165, 1.54) is 38.8 Å². The molecular formula is C10H18N2O. The first-order valence-corrected chi connectivity index (χ1v) is 5.40. The predicted octanol–water partition coefficient (Wildman–Crippen LogP) is 0.153. The molecule has 1 aliphatic heterocycles. The third-order valence-electron chi connectivity index (χ3n) is 3.88. The van der Waals surface area contributed by atoms with Gasteiger partial charge in [-0.1, -0.05) is 0 Å². The summed E-state index contributed by atoms with van der Waals surface area (Å²) >= 11 is 0. The molecule has 0 aromatic rings. The van der Waals surface area contributed by atoms with Gasteiger partial charge in [-0.2, -0.15) is 0 Å². The van der Waals surface area contributed by atoms with E-state index < -0.39 is 0 Å². The molecular weight excluding hydrogens is 164 g/mol. The van der Waals surface area contributed by atoms with Gasteiger partial charge in [0.2, 0.25) is 0 Å². The van der Waals surface area contributed by atoms with E-state index in [2.05, 4.69) is 10.2 Å². The largest absolute Gasteiger partial charge is 0.381 e. The van der Waals surface area contributed by atoms with E-state index in [0.29, 0.717) is 11.5 Å². The van der Waals surface area contributed by atoms with E-state index in [1.807, 2.05) is 0 Å². The molecule has 3 heteroatoms. The molecule has 0 aromatic heterocycles. The lowest BCUT2D eigenvalue weighted by Gasteiger charge is -2.59. The molecule has 0 aromatic carbocycles. The van der Waals surface area contributed by atoms with Crippen LogP contribution in [0.3, 0.4) is 0 Å². The van der Waals surface area contributed by atoms with Gasteiger partial charge in [-0.05, 0) is 31.1 Å². The van der Waals surface area contributed by atoms with Crippen LogP contribution in [-0.4, -0.2) is 41.9 Å². The van der Waals surface area contributed by atoms with Crippen LogP contribution in [0.4, 0.5) is 0 Å². The third-order valence-corrected chi connectivity index (χ3v) is 3.88. The molecule has 1 heterocycles. The molecule has 3 fully saturated rings. The van der Waals surface area contributed by atoms with Crippen LogP contribution in [0.15, 0.2) is 0 Å². The van der Waals surface area contributed by atoms with E-state index >= 15 is 0 Å². The maximum absolute atomic E-state index is 8.69. The number of aliphatic hydroxyl groups is 1. The first-order valence-electron chi connectivity index (χ1n) is 5.40. The van der Waals surface area contributed by atoms with Crippen molar-refractivity contribution in [3.05, 3.63) is 0 Å². The Kier molecular flexibility index (Phi) is 1.70. The van der Waals surface area contributed by atoms with Gasteiger partial charge in [0.1, 0.15) is 0 Å². The van der Waals surface area contributed by atoms with Gasteiger partial charge >= 0.3 is 0 Å².